The molecule has 148 valence electrons. The molecule has 2 N–H and O–H groups in total. The molecule has 0 aliphatic carbocycles. The van der Waals surface area contributed by atoms with E-state index in [0.717, 1.165) is 36.9 Å². The summed E-state index contributed by atoms with van der Waals surface area (Å²) in [5.74, 6) is 1.04. The van der Waals surface area contributed by atoms with Gasteiger partial charge in [-0.15, -0.1) is 0 Å². The average molecular weight is 399 g/mol. The highest BCUT2D eigenvalue weighted by Crippen LogP contribution is 2.14. The van der Waals surface area contributed by atoms with Crippen molar-refractivity contribution in [2.75, 3.05) is 20.1 Å². The number of nitrogens with zero attached hydrogens (tertiary/aromatic N) is 2. The Bertz CT molecular complexity index is 802. The van der Waals surface area contributed by atoms with Crippen LogP contribution in [-0.4, -0.2) is 36.9 Å². The molecule has 1 saturated heterocycles. The molecule has 2 aromatic rings. The van der Waals surface area contributed by atoms with Crippen LogP contribution in [0.1, 0.15) is 29.5 Å². The number of hydrogen-bond acceptors (Lipinski definition) is 2. The van der Waals surface area contributed by atoms with Crippen LogP contribution >= 0.6 is 11.6 Å². The van der Waals surface area contributed by atoms with Crippen LogP contribution in [0.15, 0.2) is 53.5 Å². The van der Waals surface area contributed by atoms with Crippen LogP contribution in [0.2, 0.25) is 5.02 Å². The molecule has 0 spiro atoms. The topological polar surface area (TPSA) is 56.7 Å². The molecule has 0 radical (unpaired) electrons. The van der Waals surface area contributed by atoms with Crippen LogP contribution in [0.25, 0.3) is 0 Å². The highest BCUT2D eigenvalue weighted by molar-refractivity contribution is 6.30. The van der Waals surface area contributed by atoms with Crippen molar-refractivity contribution >= 4 is 23.5 Å². The van der Waals surface area contributed by atoms with Crippen LogP contribution in [0.5, 0.6) is 0 Å². The normalized spacial score (nSPS) is 14.4. The molecule has 1 aliphatic heterocycles. The maximum Gasteiger partial charge on any atom is 0.222 e. The molecular formula is C22H27ClN4O. The molecule has 0 unspecified atom stereocenters. The maximum atomic E-state index is 11.7. The van der Waals surface area contributed by atoms with Crippen molar-refractivity contribution in [1.29, 1.82) is 0 Å². The second-order valence-corrected chi connectivity index (χ2v) is 7.40. The van der Waals surface area contributed by atoms with Gasteiger partial charge in [-0.25, -0.2) is 0 Å². The summed E-state index contributed by atoms with van der Waals surface area (Å²) in [4.78, 5) is 17.9. The fourth-order valence-corrected chi connectivity index (χ4v) is 3.36. The van der Waals surface area contributed by atoms with Crippen molar-refractivity contribution in [2.45, 2.75) is 32.4 Å². The van der Waals surface area contributed by atoms with E-state index in [-0.39, 0.29) is 5.91 Å². The monoisotopic (exact) mass is 398 g/mol. The predicted octanol–water partition coefficient (Wildman–Crippen LogP) is 3.37. The number of benzene rings is 2. The van der Waals surface area contributed by atoms with Crippen molar-refractivity contribution in [3.05, 3.63) is 70.2 Å². The molecular weight excluding hydrogens is 372 g/mol. The predicted molar refractivity (Wildman–Crippen MR) is 114 cm³/mol. The van der Waals surface area contributed by atoms with E-state index < -0.39 is 0 Å². The maximum absolute atomic E-state index is 11.7. The molecule has 5 nitrogen and oxygen atoms in total. The first kappa shape index (κ1) is 20.2. The number of carbonyl (C=O) groups excluding carboxylic acids is 1. The lowest BCUT2D eigenvalue weighted by atomic mass is 10.1. The van der Waals surface area contributed by atoms with Gasteiger partial charge in [0.1, 0.15) is 0 Å². The smallest absolute Gasteiger partial charge is 0.222 e. The second-order valence-electron chi connectivity index (χ2n) is 6.96. The summed E-state index contributed by atoms with van der Waals surface area (Å²) >= 11 is 5.91. The third-order valence-electron chi connectivity index (χ3n) is 4.87. The van der Waals surface area contributed by atoms with Crippen molar-refractivity contribution in [1.82, 2.24) is 15.5 Å². The molecule has 6 heteroatoms. The SMILES string of the molecule is CN=C(NCCc1ccc(Cl)cc1)NCc1ccc(CN2CCCC2=O)cc1. The van der Waals surface area contributed by atoms with Crippen molar-refractivity contribution < 1.29 is 4.79 Å². The standard InChI is InChI=1S/C22H27ClN4O/c1-24-22(25-13-12-17-8-10-20(23)11-9-17)26-15-18-4-6-19(7-5-18)16-27-14-2-3-21(27)28/h4-11H,2-3,12-16H2,1H3,(H2,24,25,26). The molecule has 2 aromatic carbocycles. The minimum atomic E-state index is 0.263. The summed E-state index contributed by atoms with van der Waals surface area (Å²) in [5.41, 5.74) is 3.58. The van der Waals surface area contributed by atoms with Gasteiger partial charge in [-0.2, -0.15) is 0 Å². The van der Waals surface area contributed by atoms with E-state index in [2.05, 4.69) is 39.9 Å². The van der Waals surface area contributed by atoms with Gasteiger partial charge in [0.25, 0.3) is 0 Å². The van der Waals surface area contributed by atoms with Gasteiger partial charge in [0.15, 0.2) is 5.96 Å². The molecule has 0 saturated carbocycles. The molecule has 3 rings (SSSR count). The Labute approximate surface area is 171 Å². The van der Waals surface area contributed by atoms with Gasteiger partial charge >= 0.3 is 0 Å². The van der Waals surface area contributed by atoms with E-state index in [1.54, 1.807) is 7.05 Å². The Kier molecular flexibility index (Phi) is 7.31. The van der Waals surface area contributed by atoms with Crippen molar-refractivity contribution in [2.24, 2.45) is 4.99 Å². The van der Waals surface area contributed by atoms with Crippen LogP contribution in [0.4, 0.5) is 0 Å². The Morgan fingerprint density at radius 1 is 1.04 bits per heavy atom. The first-order valence-corrected chi connectivity index (χ1v) is 10.1. The number of halogens is 1. The summed E-state index contributed by atoms with van der Waals surface area (Å²) in [6.45, 7) is 3.08. The van der Waals surface area contributed by atoms with Crippen LogP contribution < -0.4 is 10.6 Å². The van der Waals surface area contributed by atoms with E-state index in [0.29, 0.717) is 19.5 Å². The number of likely N-dealkylation sites (tertiary alicyclic amines) is 1. The number of carbonyl (C=O) groups is 1. The third kappa shape index (κ3) is 5.99. The number of guanidine groups is 1. The highest BCUT2D eigenvalue weighted by Gasteiger charge is 2.19. The molecule has 0 bridgehead atoms. The van der Waals surface area contributed by atoms with Gasteiger partial charge in [-0.3, -0.25) is 9.79 Å². The number of aliphatic imine (C=N–C) groups is 1. The zero-order valence-corrected chi connectivity index (χ0v) is 17.0. The number of rotatable bonds is 7. The fraction of sp³-hybridized carbons (Fsp3) is 0.364. The number of amides is 1. The van der Waals surface area contributed by atoms with E-state index in [4.69, 9.17) is 11.6 Å². The lowest BCUT2D eigenvalue weighted by Crippen LogP contribution is -2.37. The van der Waals surface area contributed by atoms with Crippen molar-refractivity contribution in [3.63, 3.8) is 0 Å². The van der Waals surface area contributed by atoms with E-state index in [1.807, 2.05) is 29.2 Å². The molecule has 1 heterocycles. The minimum absolute atomic E-state index is 0.263. The summed E-state index contributed by atoms with van der Waals surface area (Å²) in [6.07, 6.45) is 2.57. The Morgan fingerprint density at radius 2 is 1.71 bits per heavy atom. The Morgan fingerprint density at radius 3 is 2.36 bits per heavy atom. The van der Waals surface area contributed by atoms with Gasteiger partial charge in [-0.05, 0) is 41.7 Å². The lowest BCUT2D eigenvalue weighted by molar-refractivity contribution is -0.128. The third-order valence-corrected chi connectivity index (χ3v) is 5.12. The second kappa shape index (κ2) is 10.1. The van der Waals surface area contributed by atoms with E-state index in [1.165, 1.54) is 16.7 Å². The molecule has 1 amide bonds. The van der Waals surface area contributed by atoms with E-state index >= 15 is 0 Å². The Balaban J connectivity index is 1.41. The molecule has 0 aromatic heterocycles. The zero-order chi connectivity index (χ0) is 19.8. The van der Waals surface area contributed by atoms with Gasteiger partial charge in [-0.1, -0.05) is 48.0 Å². The lowest BCUT2D eigenvalue weighted by Gasteiger charge is -2.16. The quantitative estimate of drug-likeness (QED) is 0.555. The first-order chi connectivity index (χ1) is 13.6. The van der Waals surface area contributed by atoms with Crippen LogP contribution in [0.3, 0.4) is 0 Å². The van der Waals surface area contributed by atoms with Gasteiger partial charge in [0.05, 0.1) is 0 Å². The van der Waals surface area contributed by atoms with Gasteiger partial charge in [0.2, 0.25) is 5.91 Å². The number of nitrogens with one attached hydrogen (secondary N) is 2. The first-order valence-electron chi connectivity index (χ1n) is 9.68. The van der Waals surface area contributed by atoms with Crippen molar-refractivity contribution in [3.8, 4) is 0 Å². The minimum Gasteiger partial charge on any atom is -0.356 e. The highest BCUT2D eigenvalue weighted by atomic mass is 35.5. The molecule has 1 fully saturated rings. The molecule has 0 atom stereocenters. The van der Waals surface area contributed by atoms with Crippen LogP contribution in [0, 0.1) is 0 Å². The van der Waals surface area contributed by atoms with Gasteiger partial charge < -0.3 is 15.5 Å². The largest absolute Gasteiger partial charge is 0.356 e. The average Bonchev–Trinajstić information content (AvgIpc) is 3.11. The summed E-state index contributed by atoms with van der Waals surface area (Å²) in [6, 6.07) is 16.3. The van der Waals surface area contributed by atoms with E-state index in [9.17, 15) is 4.79 Å². The molecule has 28 heavy (non-hydrogen) atoms. The Hall–Kier alpha value is -2.53. The van der Waals surface area contributed by atoms with Crippen LogP contribution in [-0.2, 0) is 24.3 Å². The van der Waals surface area contributed by atoms with Gasteiger partial charge in [0, 0.05) is 44.7 Å². The fourth-order valence-electron chi connectivity index (χ4n) is 3.24. The molecule has 1 aliphatic rings. The summed E-state index contributed by atoms with van der Waals surface area (Å²) < 4.78 is 0. The number of hydrogen-bond donors (Lipinski definition) is 2. The summed E-state index contributed by atoms with van der Waals surface area (Å²) in [7, 11) is 1.77. The zero-order valence-electron chi connectivity index (χ0n) is 16.2. The summed E-state index contributed by atoms with van der Waals surface area (Å²) in [5, 5.41) is 7.42.